The average molecular weight is 334 g/mol. The van der Waals surface area contributed by atoms with Crippen molar-refractivity contribution in [1.29, 1.82) is 0 Å². The predicted octanol–water partition coefficient (Wildman–Crippen LogP) is 2.21. The summed E-state index contributed by atoms with van der Waals surface area (Å²) >= 11 is 0. The van der Waals surface area contributed by atoms with Gasteiger partial charge in [-0.2, -0.15) is 0 Å². The molecule has 0 N–H and O–H groups in total. The fourth-order valence-corrected chi connectivity index (χ4v) is 2.89. The van der Waals surface area contributed by atoms with E-state index in [2.05, 4.69) is 10.3 Å². The lowest BCUT2D eigenvalue weighted by atomic mass is 10.1. The van der Waals surface area contributed by atoms with Gasteiger partial charge in [-0.25, -0.2) is 9.48 Å². The topological polar surface area (TPSA) is 77.3 Å². The molecule has 1 amide bonds. The summed E-state index contributed by atoms with van der Waals surface area (Å²) < 4.78 is 6.38. The number of amides is 1. The summed E-state index contributed by atoms with van der Waals surface area (Å²) in [6.07, 6.45) is 1.64. The standard InChI is InChI=1S/C18H14N4O3/c1-25-18(24)12-6-8-13(9-7-12)21-11-14-10-19-20-22(14)16-5-3-2-4-15(16)17(21)23/h2-10H,11H2,1H3. The number of fused-ring (bicyclic) bond motifs is 3. The van der Waals surface area contributed by atoms with E-state index in [-0.39, 0.29) is 5.91 Å². The quantitative estimate of drug-likeness (QED) is 0.672. The molecule has 0 saturated heterocycles. The molecule has 3 aromatic rings. The average Bonchev–Trinajstić information content (AvgIpc) is 3.09. The minimum Gasteiger partial charge on any atom is -0.465 e. The van der Waals surface area contributed by atoms with Crippen LogP contribution in [0.3, 0.4) is 0 Å². The number of esters is 1. The Bertz CT molecular complexity index is 962. The summed E-state index contributed by atoms with van der Waals surface area (Å²) in [4.78, 5) is 26.3. The molecule has 0 radical (unpaired) electrons. The van der Waals surface area contributed by atoms with Crippen LogP contribution in [0, 0.1) is 0 Å². The maximum Gasteiger partial charge on any atom is 0.337 e. The Morgan fingerprint density at radius 2 is 1.88 bits per heavy atom. The molecule has 7 heteroatoms. The molecule has 124 valence electrons. The van der Waals surface area contributed by atoms with Gasteiger partial charge in [0.1, 0.15) is 0 Å². The molecule has 4 rings (SSSR count). The van der Waals surface area contributed by atoms with E-state index < -0.39 is 5.97 Å². The van der Waals surface area contributed by atoms with Crippen molar-refractivity contribution in [3.63, 3.8) is 0 Å². The number of rotatable bonds is 2. The van der Waals surface area contributed by atoms with Crippen molar-refractivity contribution in [1.82, 2.24) is 15.0 Å². The van der Waals surface area contributed by atoms with E-state index in [0.717, 1.165) is 5.69 Å². The van der Waals surface area contributed by atoms with Gasteiger partial charge in [-0.1, -0.05) is 17.3 Å². The molecule has 0 aliphatic carbocycles. The second kappa shape index (κ2) is 5.86. The third-order valence-corrected chi connectivity index (χ3v) is 4.15. The zero-order valence-corrected chi connectivity index (χ0v) is 13.4. The number of methoxy groups -OCH3 is 1. The van der Waals surface area contributed by atoms with E-state index in [1.807, 2.05) is 18.2 Å². The number of hydrogen-bond donors (Lipinski definition) is 0. The molecular formula is C18H14N4O3. The van der Waals surface area contributed by atoms with Gasteiger partial charge in [0.2, 0.25) is 0 Å². The van der Waals surface area contributed by atoms with Crippen molar-refractivity contribution in [2.75, 3.05) is 12.0 Å². The number of hydrogen-bond acceptors (Lipinski definition) is 5. The van der Waals surface area contributed by atoms with Crippen LogP contribution in [0.5, 0.6) is 0 Å². The summed E-state index contributed by atoms with van der Waals surface area (Å²) in [5, 5.41) is 8.06. The van der Waals surface area contributed by atoms with Crippen LogP contribution in [0.4, 0.5) is 5.69 Å². The van der Waals surface area contributed by atoms with E-state index in [1.165, 1.54) is 7.11 Å². The fraction of sp³-hybridized carbons (Fsp3) is 0.111. The van der Waals surface area contributed by atoms with Gasteiger partial charge >= 0.3 is 5.97 Å². The smallest absolute Gasteiger partial charge is 0.337 e. The Morgan fingerprint density at radius 1 is 1.12 bits per heavy atom. The number of nitrogens with zero attached hydrogens (tertiary/aromatic N) is 4. The zero-order chi connectivity index (χ0) is 17.4. The van der Waals surface area contributed by atoms with Crippen LogP contribution in [0.15, 0.2) is 54.7 Å². The van der Waals surface area contributed by atoms with E-state index in [4.69, 9.17) is 4.74 Å². The molecule has 0 saturated carbocycles. The lowest BCUT2D eigenvalue weighted by Crippen LogP contribution is -2.29. The highest BCUT2D eigenvalue weighted by Crippen LogP contribution is 2.27. The zero-order valence-electron chi connectivity index (χ0n) is 13.4. The minimum atomic E-state index is -0.415. The molecule has 1 aliphatic heterocycles. The predicted molar refractivity (Wildman–Crippen MR) is 89.7 cm³/mol. The fourth-order valence-electron chi connectivity index (χ4n) is 2.89. The summed E-state index contributed by atoms with van der Waals surface area (Å²) in [5.41, 5.74) is 3.16. The summed E-state index contributed by atoms with van der Waals surface area (Å²) in [6.45, 7) is 0.331. The molecule has 1 aliphatic rings. The Labute approximate surface area is 143 Å². The number of aromatic nitrogens is 3. The van der Waals surface area contributed by atoms with Crippen LogP contribution < -0.4 is 4.90 Å². The monoisotopic (exact) mass is 334 g/mol. The first-order valence-electron chi connectivity index (χ1n) is 7.68. The van der Waals surface area contributed by atoms with E-state index in [9.17, 15) is 9.59 Å². The van der Waals surface area contributed by atoms with Gasteiger partial charge < -0.3 is 9.64 Å². The van der Waals surface area contributed by atoms with Crippen LogP contribution >= 0.6 is 0 Å². The number of para-hydroxylation sites is 1. The molecule has 0 atom stereocenters. The first-order chi connectivity index (χ1) is 12.2. The Kier molecular flexibility index (Phi) is 3.53. The van der Waals surface area contributed by atoms with Gasteiger partial charge in [-0.15, -0.1) is 5.10 Å². The summed E-state index contributed by atoms with van der Waals surface area (Å²) in [5.74, 6) is -0.548. The van der Waals surface area contributed by atoms with Crippen molar-refractivity contribution in [3.05, 3.63) is 71.5 Å². The molecule has 0 unspecified atom stereocenters. The van der Waals surface area contributed by atoms with Crippen molar-refractivity contribution >= 4 is 17.6 Å². The van der Waals surface area contributed by atoms with Crippen LogP contribution in [0.1, 0.15) is 26.4 Å². The minimum absolute atomic E-state index is 0.132. The lowest BCUT2D eigenvalue weighted by Gasteiger charge is -2.20. The normalized spacial score (nSPS) is 13.0. The lowest BCUT2D eigenvalue weighted by molar-refractivity contribution is 0.0600. The molecule has 2 heterocycles. The van der Waals surface area contributed by atoms with E-state index >= 15 is 0 Å². The van der Waals surface area contributed by atoms with Crippen molar-refractivity contribution in [3.8, 4) is 5.69 Å². The van der Waals surface area contributed by atoms with Gasteiger partial charge in [-0.05, 0) is 36.4 Å². The van der Waals surface area contributed by atoms with Crippen LogP contribution in [0.25, 0.3) is 5.69 Å². The van der Waals surface area contributed by atoms with Gasteiger partial charge in [-0.3, -0.25) is 4.79 Å². The molecule has 0 spiro atoms. The summed E-state index contributed by atoms with van der Waals surface area (Å²) in [7, 11) is 1.33. The maximum atomic E-state index is 13.1. The third-order valence-electron chi connectivity index (χ3n) is 4.15. The Morgan fingerprint density at radius 3 is 2.64 bits per heavy atom. The van der Waals surface area contributed by atoms with Gasteiger partial charge in [0.15, 0.2) is 0 Å². The largest absolute Gasteiger partial charge is 0.465 e. The second-order valence-corrected chi connectivity index (χ2v) is 5.58. The molecule has 2 aromatic carbocycles. The van der Waals surface area contributed by atoms with Crippen LogP contribution in [-0.4, -0.2) is 34.0 Å². The molecule has 1 aromatic heterocycles. The first-order valence-corrected chi connectivity index (χ1v) is 7.68. The SMILES string of the molecule is COC(=O)c1ccc(N2Cc3cnnn3-c3ccccc3C2=O)cc1. The first kappa shape index (κ1) is 15.1. The highest BCUT2D eigenvalue weighted by Gasteiger charge is 2.27. The van der Waals surface area contributed by atoms with Crippen LogP contribution in [0.2, 0.25) is 0 Å². The number of carbonyl (C=O) groups excluding carboxylic acids is 2. The number of benzene rings is 2. The van der Waals surface area contributed by atoms with Crippen molar-refractivity contribution < 1.29 is 14.3 Å². The number of carbonyl (C=O) groups is 2. The Hall–Kier alpha value is -3.48. The maximum absolute atomic E-state index is 13.1. The molecule has 25 heavy (non-hydrogen) atoms. The van der Waals surface area contributed by atoms with Gasteiger partial charge in [0.25, 0.3) is 5.91 Å². The highest BCUT2D eigenvalue weighted by molar-refractivity contribution is 6.09. The highest BCUT2D eigenvalue weighted by atomic mass is 16.5. The summed E-state index contributed by atoms with van der Waals surface area (Å²) in [6, 6.07) is 14.0. The molecular weight excluding hydrogens is 320 g/mol. The second-order valence-electron chi connectivity index (χ2n) is 5.58. The van der Waals surface area contributed by atoms with E-state index in [1.54, 1.807) is 46.1 Å². The van der Waals surface area contributed by atoms with Crippen molar-refractivity contribution in [2.45, 2.75) is 6.54 Å². The number of ether oxygens (including phenoxy) is 1. The Balaban J connectivity index is 1.79. The molecule has 0 bridgehead atoms. The number of anilines is 1. The van der Waals surface area contributed by atoms with Gasteiger partial charge in [0, 0.05) is 5.69 Å². The van der Waals surface area contributed by atoms with E-state index in [0.29, 0.717) is 29.0 Å². The van der Waals surface area contributed by atoms with Gasteiger partial charge in [0.05, 0.1) is 42.4 Å². The molecule has 0 fully saturated rings. The molecule has 7 nitrogen and oxygen atoms in total. The van der Waals surface area contributed by atoms with Crippen molar-refractivity contribution in [2.24, 2.45) is 0 Å². The third kappa shape index (κ3) is 2.46. The van der Waals surface area contributed by atoms with Crippen LogP contribution in [-0.2, 0) is 11.3 Å².